The molecule has 18 heavy (non-hydrogen) atoms. The molecule has 1 rings (SSSR count). The monoisotopic (exact) mass is 286 g/mol. The highest BCUT2D eigenvalue weighted by atomic mass is 35.5. The third kappa shape index (κ3) is 4.82. The molecule has 1 atom stereocenters. The number of rotatable bonds is 8. The summed E-state index contributed by atoms with van der Waals surface area (Å²) in [5.41, 5.74) is 1.38. The molecule has 1 aromatic carbocycles. The van der Waals surface area contributed by atoms with Crippen LogP contribution in [0.1, 0.15) is 38.7 Å². The van der Waals surface area contributed by atoms with Crippen LogP contribution >= 0.6 is 23.2 Å². The summed E-state index contributed by atoms with van der Waals surface area (Å²) in [7, 11) is 0. The molecule has 0 heterocycles. The lowest BCUT2D eigenvalue weighted by atomic mass is 9.77. The van der Waals surface area contributed by atoms with Crippen molar-refractivity contribution in [2.24, 2.45) is 11.3 Å². The Bertz CT molecular complexity index is 317. The summed E-state index contributed by atoms with van der Waals surface area (Å²) in [6, 6.07) is 10.5. The fraction of sp³-hybridized carbons (Fsp3) is 0.625. The Kier molecular flexibility index (Phi) is 7.11. The molecule has 1 aromatic rings. The average molecular weight is 287 g/mol. The maximum atomic E-state index is 6.23. The summed E-state index contributed by atoms with van der Waals surface area (Å²) < 4.78 is 0. The lowest BCUT2D eigenvalue weighted by Gasteiger charge is -2.32. The van der Waals surface area contributed by atoms with Gasteiger partial charge in [-0.1, -0.05) is 57.0 Å². The van der Waals surface area contributed by atoms with Gasteiger partial charge in [-0.25, -0.2) is 0 Å². The van der Waals surface area contributed by atoms with Gasteiger partial charge in [-0.05, 0) is 24.3 Å². The zero-order valence-corrected chi connectivity index (χ0v) is 13.0. The van der Waals surface area contributed by atoms with Gasteiger partial charge in [0.2, 0.25) is 0 Å². The quantitative estimate of drug-likeness (QED) is 0.552. The van der Waals surface area contributed by atoms with E-state index < -0.39 is 0 Å². The van der Waals surface area contributed by atoms with Crippen molar-refractivity contribution in [2.75, 3.05) is 11.8 Å². The van der Waals surface area contributed by atoms with Gasteiger partial charge in [-0.2, -0.15) is 0 Å². The fourth-order valence-corrected chi connectivity index (χ4v) is 3.37. The molecule has 0 nitrogen and oxygen atoms in total. The van der Waals surface area contributed by atoms with E-state index in [1.54, 1.807) is 0 Å². The Morgan fingerprint density at radius 2 is 1.72 bits per heavy atom. The van der Waals surface area contributed by atoms with Crippen molar-refractivity contribution in [3.63, 3.8) is 0 Å². The largest absolute Gasteiger partial charge is 0.126 e. The summed E-state index contributed by atoms with van der Waals surface area (Å²) in [6.45, 7) is 4.54. The highest BCUT2D eigenvalue weighted by Gasteiger charge is 2.30. The first-order chi connectivity index (χ1) is 8.65. The van der Waals surface area contributed by atoms with Crippen LogP contribution in [0.2, 0.25) is 0 Å². The van der Waals surface area contributed by atoms with Crippen molar-refractivity contribution in [2.45, 2.75) is 39.5 Å². The number of alkyl halides is 2. The molecule has 0 aliphatic carbocycles. The van der Waals surface area contributed by atoms with Crippen LogP contribution in [0.15, 0.2) is 30.3 Å². The zero-order valence-electron chi connectivity index (χ0n) is 11.5. The lowest BCUT2D eigenvalue weighted by Crippen LogP contribution is -2.30. The van der Waals surface area contributed by atoms with E-state index in [0.717, 1.165) is 12.8 Å². The minimum atomic E-state index is 0.0407. The van der Waals surface area contributed by atoms with E-state index >= 15 is 0 Å². The molecular weight excluding hydrogens is 263 g/mol. The number of benzene rings is 1. The number of hydrogen-bond acceptors (Lipinski definition) is 0. The highest BCUT2D eigenvalue weighted by molar-refractivity contribution is 6.21. The number of hydrogen-bond donors (Lipinski definition) is 0. The molecule has 0 N–H and O–H groups in total. The van der Waals surface area contributed by atoms with Crippen LogP contribution in [0.4, 0.5) is 0 Å². The third-order valence-electron chi connectivity index (χ3n) is 3.55. The van der Waals surface area contributed by atoms with Gasteiger partial charge >= 0.3 is 0 Å². The second-order valence-electron chi connectivity index (χ2n) is 5.53. The van der Waals surface area contributed by atoms with Crippen LogP contribution in [0.3, 0.4) is 0 Å². The molecule has 0 saturated heterocycles. The standard InChI is InChI=1S/C16H24Cl2/c1-3-7-14(2)10-16(12-17,13-18)11-15-8-5-4-6-9-15/h4-6,8-9,14H,3,7,10-13H2,1-2H3. The van der Waals surface area contributed by atoms with Gasteiger partial charge in [0.1, 0.15) is 0 Å². The Morgan fingerprint density at radius 3 is 2.22 bits per heavy atom. The Labute approximate surface area is 122 Å². The molecule has 1 unspecified atom stereocenters. The first-order valence-corrected chi connectivity index (χ1v) is 7.88. The normalized spacial score (nSPS) is 13.6. The summed E-state index contributed by atoms with van der Waals surface area (Å²) in [4.78, 5) is 0. The SMILES string of the molecule is CCCC(C)CC(CCl)(CCl)Cc1ccccc1. The molecule has 0 bridgehead atoms. The fourth-order valence-electron chi connectivity index (χ4n) is 2.67. The summed E-state index contributed by atoms with van der Waals surface area (Å²) in [5, 5.41) is 0. The van der Waals surface area contributed by atoms with Gasteiger partial charge in [0.15, 0.2) is 0 Å². The molecule has 0 aromatic heterocycles. The molecule has 0 spiro atoms. The summed E-state index contributed by atoms with van der Waals surface area (Å²) in [6.07, 6.45) is 4.58. The first kappa shape index (κ1) is 15.9. The molecule has 0 saturated carbocycles. The van der Waals surface area contributed by atoms with Crippen molar-refractivity contribution in [1.82, 2.24) is 0 Å². The molecular formula is C16H24Cl2. The average Bonchev–Trinajstić information content (AvgIpc) is 2.39. The lowest BCUT2D eigenvalue weighted by molar-refractivity contribution is 0.274. The number of halogens is 2. The topological polar surface area (TPSA) is 0 Å². The Hall–Kier alpha value is -0.200. The molecule has 0 aliphatic heterocycles. The van der Waals surface area contributed by atoms with Crippen LogP contribution in [0.5, 0.6) is 0 Å². The van der Waals surface area contributed by atoms with E-state index in [-0.39, 0.29) is 5.41 Å². The smallest absolute Gasteiger partial charge is 0.0294 e. The molecule has 2 heteroatoms. The summed E-state index contributed by atoms with van der Waals surface area (Å²) >= 11 is 12.5. The van der Waals surface area contributed by atoms with Crippen LogP contribution in [0.25, 0.3) is 0 Å². The van der Waals surface area contributed by atoms with Gasteiger partial charge in [0.05, 0.1) is 0 Å². The van der Waals surface area contributed by atoms with Gasteiger partial charge in [-0.3, -0.25) is 0 Å². The maximum Gasteiger partial charge on any atom is 0.0294 e. The van der Waals surface area contributed by atoms with Crippen LogP contribution in [0, 0.1) is 11.3 Å². The van der Waals surface area contributed by atoms with E-state index in [2.05, 4.69) is 38.1 Å². The Balaban J connectivity index is 2.73. The van der Waals surface area contributed by atoms with E-state index in [9.17, 15) is 0 Å². The third-order valence-corrected chi connectivity index (χ3v) is 4.69. The van der Waals surface area contributed by atoms with Crippen LogP contribution in [-0.2, 0) is 6.42 Å². The summed E-state index contributed by atoms with van der Waals surface area (Å²) in [5.74, 6) is 1.97. The highest BCUT2D eigenvalue weighted by Crippen LogP contribution is 2.35. The predicted molar refractivity (Wildman–Crippen MR) is 82.7 cm³/mol. The molecule has 0 aliphatic rings. The molecule has 102 valence electrons. The van der Waals surface area contributed by atoms with Crippen LogP contribution in [-0.4, -0.2) is 11.8 Å². The van der Waals surface area contributed by atoms with E-state index in [1.807, 2.05) is 6.07 Å². The van der Waals surface area contributed by atoms with Crippen molar-refractivity contribution in [1.29, 1.82) is 0 Å². The van der Waals surface area contributed by atoms with Gasteiger partial charge in [0.25, 0.3) is 0 Å². The second-order valence-corrected chi connectivity index (χ2v) is 6.06. The van der Waals surface area contributed by atoms with Crippen molar-refractivity contribution in [3.8, 4) is 0 Å². The molecule has 0 radical (unpaired) electrons. The molecule has 0 fully saturated rings. The first-order valence-electron chi connectivity index (χ1n) is 6.81. The van der Waals surface area contributed by atoms with Gasteiger partial charge in [-0.15, -0.1) is 23.2 Å². The second kappa shape index (κ2) is 8.07. The van der Waals surface area contributed by atoms with Gasteiger partial charge in [0, 0.05) is 17.2 Å². The minimum absolute atomic E-state index is 0.0407. The van der Waals surface area contributed by atoms with Crippen molar-refractivity contribution >= 4 is 23.2 Å². The van der Waals surface area contributed by atoms with E-state index in [4.69, 9.17) is 23.2 Å². The molecule has 0 amide bonds. The Morgan fingerprint density at radius 1 is 1.11 bits per heavy atom. The maximum absolute atomic E-state index is 6.23. The van der Waals surface area contributed by atoms with Crippen molar-refractivity contribution < 1.29 is 0 Å². The predicted octanol–water partition coefficient (Wildman–Crippen LogP) is 5.52. The van der Waals surface area contributed by atoms with E-state index in [1.165, 1.54) is 18.4 Å². The van der Waals surface area contributed by atoms with Crippen LogP contribution < -0.4 is 0 Å². The van der Waals surface area contributed by atoms with E-state index in [0.29, 0.717) is 17.7 Å². The van der Waals surface area contributed by atoms with Gasteiger partial charge < -0.3 is 0 Å². The van der Waals surface area contributed by atoms with Crippen molar-refractivity contribution in [3.05, 3.63) is 35.9 Å². The zero-order chi connectivity index (χ0) is 13.4. The minimum Gasteiger partial charge on any atom is -0.126 e.